The van der Waals surface area contributed by atoms with Gasteiger partial charge in [0.25, 0.3) is 0 Å². The van der Waals surface area contributed by atoms with Gasteiger partial charge in [0, 0.05) is 32.6 Å². The van der Waals surface area contributed by atoms with E-state index in [1.807, 2.05) is 27.7 Å². The number of hydrogen-bond donors (Lipinski definition) is 3. The van der Waals surface area contributed by atoms with Crippen LogP contribution in [-0.4, -0.2) is 54.0 Å². The monoisotopic (exact) mass is 354 g/mol. The van der Waals surface area contributed by atoms with Crippen molar-refractivity contribution in [2.45, 2.75) is 53.1 Å². The van der Waals surface area contributed by atoms with Crippen molar-refractivity contribution in [3.8, 4) is 0 Å². The third kappa shape index (κ3) is 10.2. The van der Waals surface area contributed by atoms with E-state index in [-0.39, 0.29) is 0 Å². The quantitative estimate of drug-likeness (QED) is 0.367. The molecule has 0 spiro atoms. The number of guanidine groups is 1. The van der Waals surface area contributed by atoms with Crippen molar-refractivity contribution in [2.24, 2.45) is 4.99 Å². The summed E-state index contributed by atoms with van der Waals surface area (Å²) >= 11 is 0. The Morgan fingerprint density at radius 1 is 1.24 bits per heavy atom. The average molecular weight is 354 g/mol. The molecule has 1 aromatic rings. The molecule has 142 valence electrons. The van der Waals surface area contributed by atoms with E-state index in [9.17, 15) is 4.79 Å². The van der Waals surface area contributed by atoms with Crippen LogP contribution in [-0.2, 0) is 11.2 Å². The van der Waals surface area contributed by atoms with E-state index in [0.717, 1.165) is 18.9 Å². The first-order valence-corrected chi connectivity index (χ1v) is 8.58. The van der Waals surface area contributed by atoms with Gasteiger partial charge in [-0.15, -0.1) is 0 Å². The smallest absolute Gasteiger partial charge is 0.407 e. The van der Waals surface area contributed by atoms with Crippen LogP contribution in [0.2, 0.25) is 0 Å². The van der Waals surface area contributed by atoms with E-state index in [2.05, 4.69) is 31.1 Å². The lowest BCUT2D eigenvalue weighted by molar-refractivity contribution is 0.0527. The molecule has 0 fully saturated rings. The molecule has 0 atom stereocenters. The van der Waals surface area contributed by atoms with E-state index >= 15 is 0 Å². The molecule has 0 aromatic carbocycles. The second-order valence-corrected chi connectivity index (χ2v) is 6.45. The number of carbonyl (C=O) groups is 1. The van der Waals surface area contributed by atoms with Crippen LogP contribution in [0.1, 0.15) is 45.8 Å². The first-order valence-electron chi connectivity index (χ1n) is 8.58. The molecule has 0 unspecified atom stereocenters. The predicted molar refractivity (Wildman–Crippen MR) is 95.6 cm³/mol. The lowest BCUT2D eigenvalue weighted by Crippen LogP contribution is -2.38. The minimum atomic E-state index is -0.485. The SMILES string of the molecule is CCNC(=NCCCNC(=O)OC(C)(C)C)NCCc1nc(C)no1. The van der Waals surface area contributed by atoms with Gasteiger partial charge in [0.05, 0.1) is 0 Å². The molecule has 0 radical (unpaired) electrons. The normalized spacial score (nSPS) is 12.0. The Kier molecular flexibility index (Phi) is 8.73. The third-order valence-electron chi connectivity index (χ3n) is 2.82. The van der Waals surface area contributed by atoms with Crippen molar-refractivity contribution in [3.63, 3.8) is 0 Å². The lowest BCUT2D eigenvalue weighted by Gasteiger charge is -2.19. The summed E-state index contributed by atoms with van der Waals surface area (Å²) in [6.07, 6.45) is 0.945. The Labute approximate surface area is 149 Å². The van der Waals surface area contributed by atoms with Crippen molar-refractivity contribution >= 4 is 12.1 Å². The zero-order valence-electron chi connectivity index (χ0n) is 15.8. The van der Waals surface area contributed by atoms with Gasteiger partial charge in [-0.1, -0.05) is 5.16 Å². The van der Waals surface area contributed by atoms with Crippen molar-refractivity contribution < 1.29 is 14.1 Å². The largest absolute Gasteiger partial charge is 0.444 e. The molecule has 0 saturated heterocycles. The zero-order valence-corrected chi connectivity index (χ0v) is 15.8. The Hall–Kier alpha value is -2.32. The van der Waals surface area contributed by atoms with Gasteiger partial charge in [0.15, 0.2) is 11.8 Å². The second kappa shape index (κ2) is 10.5. The van der Waals surface area contributed by atoms with Crippen molar-refractivity contribution in [2.75, 3.05) is 26.2 Å². The summed E-state index contributed by atoms with van der Waals surface area (Å²) in [5, 5.41) is 12.8. The highest BCUT2D eigenvalue weighted by atomic mass is 16.6. The molecule has 9 nitrogen and oxygen atoms in total. The Balaban J connectivity index is 2.24. The number of nitrogens with zero attached hydrogens (tertiary/aromatic N) is 3. The molecule has 0 aliphatic carbocycles. The summed E-state index contributed by atoms with van der Waals surface area (Å²) in [6.45, 7) is 11.8. The molecule has 1 aromatic heterocycles. The van der Waals surface area contributed by atoms with E-state index < -0.39 is 11.7 Å². The summed E-state index contributed by atoms with van der Waals surface area (Å²) in [7, 11) is 0. The number of ether oxygens (including phenoxy) is 1. The number of aryl methyl sites for hydroxylation is 1. The van der Waals surface area contributed by atoms with E-state index in [1.54, 1.807) is 6.92 Å². The van der Waals surface area contributed by atoms with Crippen LogP contribution < -0.4 is 16.0 Å². The van der Waals surface area contributed by atoms with Crippen LogP contribution in [0.5, 0.6) is 0 Å². The molecule has 1 amide bonds. The minimum absolute atomic E-state index is 0.406. The van der Waals surface area contributed by atoms with E-state index in [4.69, 9.17) is 9.26 Å². The van der Waals surface area contributed by atoms with Gasteiger partial charge in [-0.2, -0.15) is 4.98 Å². The number of nitrogens with one attached hydrogen (secondary N) is 3. The highest BCUT2D eigenvalue weighted by Crippen LogP contribution is 2.06. The standard InChI is InChI=1S/C16H30N6O3/c1-6-17-14(19-11-8-13-21-12(2)22-25-13)18-9-7-10-20-15(23)24-16(3,4)5/h6-11H2,1-5H3,(H,20,23)(H2,17,18,19). The van der Waals surface area contributed by atoms with Crippen molar-refractivity contribution in [1.29, 1.82) is 0 Å². The molecule has 1 rings (SSSR count). The number of carbonyl (C=O) groups excluding carboxylic acids is 1. The van der Waals surface area contributed by atoms with Crippen molar-refractivity contribution in [1.82, 2.24) is 26.1 Å². The summed E-state index contributed by atoms with van der Waals surface area (Å²) in [5.41, 5.74) is -0.485. The molecular weight excluding hydrogens is 324 g/mol. The second-order valence-electron chi connectivity index (χ2n) is 6.45. The van der Waals surface area contributed by atoms with Gasteiger partial charge in [-0.25, -0.2) is 4.79 Å². The molecule has 1 heterocycles. The molecule has 0 aliphatic heterocycles. The van der Waals surface area contributed by atoms with Crippen molar-refractivity contribution in [3.05, 3.63) is 11.7 Å². The Morgan fingerprint density at radius 3 is 2.60 bits per heavy atom. The summed E-state index contributed by atoms with van der Waals surface area (Å²) in [4.78, 5) is 20.1. The number of alkyl carbamates (subject to hydrolysis) is 1. The van der Waals surface area contributed by atoms with E-state index in [0.29, 0.717) is 37.8 Å². The topological polar surface area (TPSA) is 114 Å². The number of aliphatic imine (C=N–C) groups is 1. The summed E-state index contributed by atoms with van der Waals surface area (Å²) in [5.74, 6) is 1.95. The van der Waals surface area contributed by atoms with Crippen LogP contribution >= 0.6 is 0 Å². The highest BCUT2D eigenvalue weighted by molar-refractivity contribution is 5.79. The fourth-order valence-corrected chi connectivity index (χ4v) is 1.85. The maximum absolute atomic E-state index is 11.5. The summed E-state index contributed by atoms with van der Waals surface area (Å²) in [6, 6.07) is 0. The van der Waals surface area contributed by atoms with Gasteiger partial charge < -0.3 is 25.2 Å². The van der Waals surface area contributed by atoms with Crippen LogP contribution in [0, 0.1) is 6.92 Å². The Morgan fingerprint density at radius 2 is 2.00 bits per heavy atom. The molecule has 9 heteroatoms. The Bertz CT molecular complexity index is 550. The van der Waals surface area contributed by atoms with Gasteiger partial charge in [0.2, 0.25) is 5.89 Å². The van der Waals surface area contributed by atoms with Crippen LogP contribution in [0.25, 0.3) is 0 Å². The van der Waals surface area contributed by atoms with Crippen LogP contribution in [0.4, 0.5) is 4.79 Å². The molecule has 0 bridgehead atoms. The maximum Gasteiger partial charge on any atom is 0.407 e. The highest BCUT2D eigenvalue weighted by Gasteiger charge is 2.15. The number of rotatable bonds is 8. The molecule has 0 aliphatic rings. The third-order valence-corrected chi connectivity index (χ3v) is 2.82. The van der Waals surface area contributed by atoms with E-state index in [1.165, 1.54) is 0 Å². The van der Waals surface area contributed by atoms with Gasteiger partial charge >= 0.3 is 6.09 Å². The predicted octanol–water partition coefficient (Wildman–Crippen LogP) is 1.39. The number of hydrogen-bond acceptors (Lipinski definition) is 6. The molecule has 3 N–H and O–H groups in total. The maximum atomic E-state index is 11.5. The average Bonchev–Trinajstić information content (AvgIpc) is 2.90. The molecule has 25 heavy (non-hydrogen) atoms. The minimum Gasteiger partial charge on any atom is -0.444 e. The van der Waals surface area contributed by atoms with Crippen LogP contribution in [0.15, 0.2) is 9.52 Å². The first kappa shape index (κ1) is 20.7. The molecule has 0 saturated carbocycles. The fraction of sp³-hybridized carbons (Fsp3) is 0.750. The fourth-order valence-electron chi connectivity index (χ4n) is 1.85. The first-order chi connectivity index (χ1) is 11.8. The lowest BCUT2D eigenvalue weighted by atomic mass is 10.2. The van der Waals surface area contributed by atoms with Gasteiger partial charge in [-0.05, 0) is 41.0 Å². The summed E-state index contributed by atoms with van der Waals surface area (Å²) < 4.78 is 10.2. The zero-order chi connectivity index (χ0) is 18.7. The number of aromatic nitrogens is 2. The van der Waals surface area contributed by atoms with Crippen LogP contribution in [0.3, 0.4) is 0 Å². The van der Waals surface area contributed by atoms with Gasteiger partial charge in [0.1, 0.15) is 5.60 Å². The van der Waals surface area contributed by atoms with Gasteiger partial charge in [-0.3, -0.25) is 4.99 Å². The molecular formula is C16H30N6O3. The number of amides is 1.